The number of ether oxygens (including phenoxy) is 1. The Hall–Kier alpha value is -0.540. The molecule has 1 aromatic carbocycles. The van der Waals surface area contributed by atoms with Gasteiger partial charge in [0.15, 0.2) is 5.78 Å². The standard InChI is InChI=1S/C11H10BrClO2/c1-11(2)5-9(14)7-3-6(13)4-8(12)10(7)15-11/h3-4H,5H2,1-2H3. The van der Waals surface area contributed by atoms with E-state index in [1.807, 2.05) is 13.8 Å². The van der Waals surface area contributed by atoms with Gasteiger partial charge in [0.1, 0.15) is 11.4 Å². The first-order valence-electron chi connectivity index (χ1n) is 4.60. The molecule has 0 unspecified atom stereocenters. The maximum atomic E-state index is 11.8. The topological polar surface area (TPSA) is 26.3 Å². The Morgan fingerprint density at radius 2 is 2.13 bits per heavy atom. The molecule has 1 aliphatic rings. The zero-order chi connectivity index (χ0) is 11.2. The summed E-state index contributed by atoms with van der Waals surface area (Å²) in [5.41, 5.74) is 0.120. The lowest BCUT2D eigenvalue weighted by molar-refractivity contribution is 0.0615. The van der Waals surface area contributed by atoms with Crippen LogP contribution in [-0.2, 0) is 0 Å². The van der Waals surface area contributed by atoms with Crippen LogP contribution in [0.15, 0.2) is 16.6 Å². The molecule has 0 spiro atoms. The quantitative estimate of drug-likeness (QED) is 0.725. The van der Waals surface area contributed by atoms with E-state index in [1.165, 1.54) is 0 Å². The van der Waals surface area contributed by atoms with Crippen LogP contribution in [0.1, 0.15) is 30.6 Å². The van der Waals surface area contributed by atoms with E-state index in [-0.39, 0.29) is 5.78 Å². The molecule has 0 saturated carbocycles. The number of carbonyl (C=O) groups excluding carboxylic acids is 1. The van der Waals surface area contributed by atoms with E-state index in [0.29, 0.717) is 22.8 Å². The molecule has 4 heteroatoms. The van der Waals surface area contributed by atoms with Crippen molar-refractivity contribution in [1.29, 1.82) is 0 Å². The van der Waals surface area contributed by atoms with Gasteiger partial charge in [-0.3, -0.25) is 4.79 Å². The predicted molar refractivity (Wildman–Crippen MR) is 62.8 cm³/mol. The Labute approximate surface area is 102 Å². The number of hydrogen-bond donors (Lipinski definition) is 0. The number of ketones is 1. The molecule has 0 aliphatic carbocycles. The summed E-state index contributed by atoms with van der Waals surface area (Å²) in [6, 6.07) is 3.38. The Bertz CT molecular complexity index is 440. The van der Waals surface area contributed by atoms with Crippen LogP contribution >= 0.6 is 27.5 Å². The van der Waals surface area contributed by atoms with Gasteiger partial charge in [-0.1, -0.05) is 11.6 Å². The average Bonchev–Trinajstić information content (AvgIpc) is 2.06. The molecule has 80 valence electrons. The van der Waals surface area contributed by atoms with Gasteiger partial charge in [0.25, 0.3) is 0 Å². The van der Waals surface area contributed by atoms with Gasteiger partial charge < -0.3 is 4.74 Å². The van der Waals surface area contributed by atoms with Gasteiger partial charge in [-0.25, -0.2) is 0 Å². The van der Waals surface area contributed by atoms with Crippen molar-refractivity contribution >= 4 is 33.3 Å². The number of carbonyl (C=O) groups is 1. The van der Waals surface area contributed by atoms with Crippen LogP contribution in [-0.4, -0.2) is 11.4 Å². The molecule has 0 amide bonds. The van der Waals surface area contributed by atoms with E-state index in [1.54, 1.807) is 12.1 Å². The normalized spacial score (nSPS) is 18.3. The summed E-state index contributed by atoms with van der Waals surface area (Å²) >= 11 is 9.23. The summed E-state index contributed by atoms with van der Waals surface area (Å²) in [6.45, 7) is 3.80. The molecule has 0 N–H and O–H groups in total. The summed E-state index contributed by atoms with van der Waals surface area (Å²) in [6.07, 6.45) is 0.382. The van der Waals surface area contributed by atoms with Crippen LogP contribution in [0.5, 0.6) is 5.75 Å². The first-order valence-corrected chi connectivity index (χ1v) is 5.77. The smallest absolute Gasteiger partial charge is 0.170 e. The molecule has 2 rings (SSSR count). The number of halogens is 2. The minimum absolute atomic E-state index is 0.0736. The summed E-state index contributed by atoms with van der Waals surface area (Å²) < 4.78 is 6.48. The minimum atomic E-state index is -0.444. The lowest BCUT2D eigenvalue weighted by Crippen LogP contribution is -2.36. The fraction of sp³-hybridized carbons (Fsp3) is 0.364. The first-order chi connectivity index (χ1) is 6.89. The van der Waals surface area contributed by atoms with Crippen molar-refractivity contribution in [3.8, 4) is 5.75 Å². The Morgan fingerprint density at radius 3 is 2.80 bits per heavy atom. The SMILES string of the molecule is CC1(C)CC(=O)c2cc(Cl)cc(Br)c2O1. The molecule has 0 aromatic heterocycles. The highest BCUT2D eigenvalue weighted by molar-refractivity contribution is 9.10. The highest BCUT2D eigenvalue weighted by Gasteiger charge is 2.33. The van der Waals surface area contributed by atoms with Crippen LogP contribution in [0.25, 0.3) is 0 Å². The second kappa shape index (κ2) is 3.49. The lowest BCUT2D eigenvalue weighted by Gasteiger charge is -2.32. The monoisotopic (exact) mass is 288 g/mol. The van der Waals surface area contributed by atoms with Gasteiger partial charge in [0, 0.05) is 5.02 Å². The number of hydrogen-bond acceptors (Lipinski definition) is 2. The van der Waals surface area contributed by atoms with Crippen molar-refractivity contribution in [1.82, 2.24) is 0 Å². The van der Waals surface area contributed by atoms with Gasteiger partial charge >= 0.3 is 0 Å². The highest BCUT2D eigenvalue weighted by Crippen LogP contribution is 2.40. The molecule has 0 fully saturated rings. The molecule has 1 aromatic rings. The summed E-state index contributed by atoms with van der Waals surface area (Å²) in [4.78, 5) is 11.8. The Morgan fingerprint density at radius 1 is 1.47 bits per heavy atom. The summed E-state index contributed by atoms with van der Waals surface area (Å²) in [7, 11) is 0. The third-order valence-electron chi connectivity index (χ3n) is 2.27. The van der Waals surface area contributed by atoms with E-state index >= 15 is 0 Å². The lowest BCUT2D eigenvalue weighted by atomic mass is 9.93. The van der Waals surface area contributed by atoms with Crippen molar-refractivity contribution in [3.63, 3.8) is 0 Å². The van der Waals surface area contributed by atoms with Crippen LogP contribution in [0.4, 0.5) is 0 Å². The molecule has 1 aliphatic heterocycles. The molecule has 0 saturated heterocycles. The van der Waals surface area contributed by atoms with Gasteiger partial charge in [0.05, 0.1) is 16.5 Å². The van der Waals surface area contributed by atoms with Crippen molar-refractivity contribution in [2.45, 2.75) is 25.9 Å². The van der Waals surface area contributed by atoms with Crippen LogP contribution in [0.2, 0.25) is 5.02 Å². The van der Waals surface area contributed by atoms with Gasteiger partial charge in [0.2, 0.25) is 0 Å². The highest BCUT2D eigenvalue weighted by atomic mass is 79.9. The third kappa shape index (κ3) is 2.04. The number of rotatable bonds is 0. The van der Waals surface area contributed by atoms with Gasteiger partial charge in [-0.2, -0.15) is 0 Å². The maximum Gasteiger partial charge on any atom is 0.170 e. The van der Waals surface area contributed by atoms with E-state index in [4.69, 9.17) is 16.3 Å². The number of Topliss-reactive ketones (excluding diaryl/α,β-unsaturated/α-hetero) is 1. The second-order valence-electron chi connectivity index (χ2n) is 4.23. The van der Waals surface area contributed by atoms with E-state index in [9.17, 15) is 4.79 Å². The molecule has 0 bridgehead atoms. The van der Waals surface area contributed by atoms with Crippen molar-refractivity contribution in [3.05, 3.63) is 27.2 Å². The molecule has 15 heavy (non-hydrogen) atoms. The zero-order valence-electron chi connectivity index (χ0n) is 8.43. The first kappa shape index (κ1) is 11.0. The molecule has 0 atom stereocenters. The average molecular weight is 290 g/mol. The molecule has 1 heterocycles. The van der Waals surface area contributed by atoms with Crippen LogP contribution in [0, 0.1) is 0 Å². The van der Waals surface area contributed by atoms with Crippen molar-refractivity contribution < 1.29 is 9.53 Å². The molecular formula is C11H10BrClO2. The number of fused-ring (bicyclic) bond motifs is 1. The van der Waals surface area contributed by atoms with E-state index in [2.05, 4.69) is 15.9 Å². The van der Waals surface area contributed by atoms with Crippen LogP contribution in [0.3, 0.4) is 0 Å². The van der Waals surface area contributed by atoms with E-state index in [0.717, 1.165) is 4.47 Å². The van der Waals surface area contributed by atoms with Crippen LogP contribution < -0.4 is 4.74 Å². The fourth-order valence-corrected chi connectivity index (χ4v) is 2.56. The van der Waals surface area contributed by atoms with E-state index < -0.39 is 5.60 Å². The van der Waals surface area contributed by atoms with Gasteiger partial charge in [-0.05, 0) is 41.9 Å². The Kier molecular flexibility index (Phi) is 2.55. The summed E-state index contributed by atoms with van der Waals surface area (Å²) in [5, 5.41) is 0.539. The number of benzene rings is 1. The summed E-state index contributed by atoms with van der Waals surface area (Å²) in [5.74, 6) is 0.671. The van der Waals surface area contributed by atoms with Crippen molar-refractivity contribution in [2.75, 3.05) is 0 Å². The zero-order valence-corrected chi connectivity index (χ0v) is 10.8. The predicted octanol–water partition coefficient (Wildman–Crippen LogP) is 3.85. The second-order valence-corrected chi connectivity index (χ2v) is 5.52. The third-order valence-corrected chi connectivity index (χ3v) is 3.08. The Balaban J connectivity index is 2.60. The molecule has 0 radical (unpaired) electrons. The molecule has 2 nitrogen and oxygen atoms in total. The largest absolute Gasteiger partial charge is 0.485 e. The fourth-order valence-electron chi connectivity index (χ4n) is 1.67. The van der Waals surface area contributed by atoms with Gasteiger partial charge in [-0.15, -0.1) is 0 Å². The molecular weight excluding hydrogens is 279 g/mol. The van der Waals surface area contributed by atoms with Crippen molar-refractivity contribution in [2.24, 2.45) is 0 Å². The maximum absolute atomic E-state index is 11.8. The minimum Gasteiger partial charge on any atom is -0.485 e.